The maximum atomic E-state index is 13.6. The molecule has 1 rings (SSSR count). The lowest BCUT2D eigenvalue weighted by Gasteiger charge is -2.11. The van der Waals surface area contributed by atoms with Crippen molar-refractivity contribution in [3.63, 3.8) is 0 Å². The fraction of sp³-hybridized carbons (Fsp3) is 0.500. The molecule has 0 amide bonds. The molecule has 1 aromatic carbocycles. The summed E-state index contributed by atoms with van der Waals surface area (Å²) in [6.45, 7) is 5.79. The first-order chi connectivity index (χ1) is 7.04. The Bertz CT molecular complexity index is 325. The van der Waals surface area contributed by atoms with Crippen LogP contribution in [0.4, 0.5) is 4.39 Å². The molecule has 0 aliphatic carbocycles. The minimum atomic E-state index is -0.609. The van der Waals surface area contributed by atoms with Crippen molar-refractivity contribution in [1.82, 2.24) is 0 Å². The van der Waals surface area contributed by atoms with Crippen LogP contribution in [-0.2, 0) is 0 Å². The van der Waals surface area contributed by atoms with Gasteiger partial charge < -0.3 is 5.11 Å². The third-order valence-electron chi connectivity index (χ3n) is 2.34. The van der Waals surface area contributed by atoms with E-state index in [9.17, 15) is 9.50 Å². The Labute approximate surface area is 94.7 Å². The number of hydrogen-bond acceptors (Lipinski definition) is 2. The molecule has 0 fully saturated rings. The second-order valence-corrected chi connectivity index (χ2v) is 5.18. The van der Waals surface area contributed by atoms with E-state index >= 15 is 0 Å². The van der Waals surface area contributed by atoms with Crippen molar-refractivity contribution in [1.29, 1.82) is 0 Å². The maximum absolute atomic E-state index is 13.6. The molecular weight excluding hydrogens is 211 g/mol. The summed E-state index contributed by atoms with van der Waals surface area (Å²) in [4.78, 5) is 0.661. The van der Waals surface area contributed by atoms with Crippen LogP contribution in [0.15, 0.2) is 23.1 Å². The third-order valence-corrected chi connectivity index (χ3v) is 3.66. The van der Waals surface area contributed by atoms with E-state index in [1.807, 2.05) is 0 Å². The molecule has 84 valence electrons. The molecule has 0 aromatic heterocycles. The van der Waals surface area contributed by atoms with E-state index in [-0.39, 0.29) is 5.82 Å². The number of aliphatic hydroxyl groups is 1. The van der Waals surface area contributed by atoms with Gasteiger partial charge in [0.2, 0.25) is 0 Å². The molecule has 0 aliphatic heterocycles. The van der Waals surface area contributed by atoms with Gasteiger partial charge in [-0.1, -0.05) is 19.9 Å². The Kier molecular flexibility index (Phi) is 4.61. The highest BCUT2D eigenvalue weighted by molar-refractivity contribution is 7.99. The Morgan fingerprint density at radius 3 is 2.53 bits per heavy atom. The van der Waals surface area contributed by atoms with Crippen LogP contribution in [0.25, 0.3) is 0 Å². The average molecular weight is 228 g/mol. The van der Waals surface area contributed by atoms with E-state index in [1.54, 1.807) is 19.1 Å². The van der Waals surface area contributed by atoms with E-state index in [0.29, 0.717) is 15.7 Å². The first kappa shape index (κ1) is 12.5. The Morgan fingerprint density at radius 1 is 1.40 bits per heavy atom. The SMILES string of the molecule is CCC(C)Sc1ccc([C@@H](C)O)cc1F. The van der Waals surface area contributed by atoms with Crippen LogP contribution in [-0.4, -0.2) is 10.4 Å². The number of halogens is 1. The summed E-state index contributed by atoms with van der Waals surface area (Å²) in [7, 11) is 0. The van der Waals surface area contributed by atoms with Gasteiger partial charge in [-0.25, -0.2) is 4.39 Å². The van der Waals surface area contributed by atoms with Crippen LogP contribution in [0.3, 0.4) is 0 Å². The quantitative estimate of drug-likeness (QED) is 0.792. The largest absolute Gasteiger partial charge is 0.389 e. The molecule has 0 aliphatic rings. The van der Waals surface area contributed by atoms with Crippen molar-refractivity contribution in [2.75, 3.05) is 0 Å². The topological polar surface area (TPSA) is 20.2 Å². The van der Waals surface area contributed by atoms with Crippen LogP contribution in [0.5, 0.6) is 0 Å². The van der Waals surface area contributed by atoms with Crippen molar-refractivity contribution >= 4 is 11.8 Å². The van der Waals surface area contributed by atoms with E-state index in [0.717, 1.165) is 6.42 Å². The highest BCUT2D eigenvalue weighted by Crippen LogP contribution is 2.29. The van der Waals surface area contributed by atoms with Crippen molar-refractivity contribution in [3.8, 4) is 0 Å². The molecule has 0 spiro atoms. The third kappa shape index (κ3) is 3.50. The second kappa shape index (κ2) is 5.52. The molecule has 3 heteroatoms. The van der Waals surface area contributed by atoms with Gasteiger partial charge in [0.1, 0.15) is 5.82 Å². The molecule has 0 saturated carbocycles. The van der Waals surface area contributed by atoms with Gasteiger partial charge in [-0.15, -0.1) is 11.8 Å². The average Bonchev–Trinajstić information content (AvgIpc) is 2.20. The summed E-state index contributed by atoms with van der Waals surface area (Å²) in [5.41, 5.74) is 0.626. The number of aliphatic hydroxyl groups excluding tert-OH is 1. The minimum absolute atomic E-state index is 0.237. The molecule has 1 N–H and O–H groups in total. The van der Waals surface area contributed by atoms with Crippen LogP contribution in [0.1, 0.15) is 38.9 Å². The first-order valence-electron chi connectivity index (χ1n) is 5.18. The number of benzene rings is 1. The van der Waals surface area contributed by atoms with E-state index in [4.69, 9.17) is 0 Å². The van der Waals surface area contributed by atoms with E-state index in [1.165, 1.54) is 17.8 Å². The van der Waals surface area contributed by atoms with Crippen molar-refractivity contribution < 1.29 is 9.50 Å². The van der Waals surface area contributed by atoms with Gasteiger partial charge in [-0.3, -0.25) is 0 Å². The number of thioether (sulfide) groups is 1. The summed E-state index contributed by atoms with van der Waals surface area (Å²) >= 11 is 1.53. The summed E-state index contributed by atoms with van der Waals surface area (Å²) in [5, 5.41) is 9.71. The standard InChI is InChI=1S/C12H17FOS/c1-4-8(2)15-12-6-5-10(9(3)14)7-11(12)13/h5-9,14H,4H2,1-3H3/t8?,9-/m1/s1. The van der Waals surface area contributed by atoms with Crippen molar-refractivity contribution in [3.05, 3.63) is 29.6 Å². The number of hydrogen-bond donors (Lipinski definition) is 1. The van der Waals surface area contributed by atoms with Crippen LogP contribution in [0.2, 0.25) is 0 Å². The molecule has 0 saturated heterocycles. The lowest BCUT2D eigenvalue weighted by atomic mass is 10.1. The molecule has 0 bridgehead atoms. The minimum Gasteiger partial charge on any atom is -0.389 e. The Balaban J connectivity index is 2.83. The summed E-state index contributed by atoms with van der Waals surface area (Å²) in [6.07, 6.45) is 0.407. The highest BCUT2D eigenvalue weighted by Gasteiger charge is 2.09. The van der Waals surface area contributed by atoms with Gasteiger partial charge in [0, 0.05) is 10.1 Å². The van der Waals surface area contributed by atoms with Crippen molar-refractivity contribution in [2.45, 2.75) is 43.4 Å². The molecular formula is C12H17FOS. The maximum Gasteiger partial charge on any atom is 0.137 e. The van der Waals surface area contributed by atoms with Gasteiger partial charge >= 0.3 is 0 Å². The van der Waals surface area contributed by atoms with Gasteiger partial charge in [-0.2, -0.15) is 0 Å². The normalized spacial score (nSPS) is 15.0. The molecule has 1 aromatic rings. The fourth-order valence-electron chi connectivity index (χ4n) is 1.17. The molecule has 15 heavy (non-hydrogen) atoms. The molecule has 0 radical (unpaired) electrons. The zero-order chi connectivity index (χ0) is 11.4. The molecule has 1 unspecified atom stereocenters. The zero-order valence-electron chi connectivity index (χ0n) is 9.33. The van der Waals surface area contributed by atoms with Crippen LogP contribution < -0.4 is 0 Å². The first-order valence-corrected chi connectivity index (χ1v) is 6.06. The van der Waals surface area contributed by atoms with Gasteiger partial charge in [0.25, 0.3) is 0 Å². The van der Waals surface area contributed by atoms with Crippen molar-refractivity contribution in [2.24, 2.45) is 0 Å². The lowest BCUT2D eigenvalue weighted by molar-refractivity contribution is 0.198. The summed E-state index contributed by atoms with van der Waals surface area (Å²) < 4.78 is 13.6. The molecule has 0 heterocycles. The van der Waals surface area contributed by atoms with E-state index < -0.39 is 6.10 Å². The number of rotatable bonds is 4. The molecule has 2 atom stereocenters. The fourth-order valence-corrected chi connectivity index (χ4v) is 2.09. The van der Waals surface area contributed by atoms with Gasteiger partial charge in [0.15, 0.2) is 0 Å². The predicted molar refractivity (Wildman–Crippen MR) is 62.6 cm³/mol. The summed E-state index contributed by atoms with van der Waals surface area (Å²) in [6, 6.07) is 4.93. The second-order valence-electron chi connectivity index (χ2n) is 3.70. The van der Waals surface area contributed by atoms with E-state index in [2.05, 4.69) is 13.8 Å². The van der Waals surface area contributed by atoms with Crippen LogP contribution in [0, 0.1) is 5.82 Å². The Morgan fingerprint density at radius 2 is 2.07 bits per heavy atom. The highest BCUT2D eigenvalue weighted by atomic mass is 32.2. The van der Waals surface area contributed by atoms with Crippen LogP contribution >= 0.6 is 11.8 Å². The predicted octanol–water partition coefficient (Wildman–Crippen LogP) is 3.77. The Hall–Kier alpha value is -0.540. The molecule has 1 nitrogen and oxygen atoms in total. The summed E-state index contributed by atoms with van der Waals surface area (Å²) in [5.74, 6) is -0.237. The monoisotopic (exact) mass is 228 g/mol. The van der Waals surface area contributed by atoms with Gasteiger partial charge in [0.05, 0.1) is 6.10 Å². The lowest BCUT2D eigenvalue weighted by Crippen LogP contribution is -1.96. The zero-order valence-corrected chi connectivity index (χ0v) is 10.1. The smallest absolute Gasteiger partial charge is 0.137 e. The van der Waals surface area contributed by atoms with Gasteiger partial charge in [-0.05, 0) is 31.0 Å².